The van der Waals surface area contributed by atoms with E-state index >= 15 is 0 Å². The number of hydrogen-bond acceptors (Lipinski definition) is 3. The van der Waals surface area contributed by atoms with Gasteiger partial charge in [0.25, 0.3) is 0 Å². The lowest BCUT2D eigenvalue weighted by Crippen LogP contribution is -2.13. The Morgan fingerprint density at radius 2 is 1.94 bits per heavy atom. The van der Waals surface area contributed by atoms with Crippen LogP contribution in [-0.4, -0.2) is 4.98 Å². The second-order valence-electron chi connectivity index (χ2n) is 4.83. The normalized spacial score (nSPS) is 11.2. The van der Waals surface area contributed by atoms with Crippen molar-refractivity contribution in [1.82, 2.24) is 4.98 Å². The average molecular weight is 256 g/mol. The smallest absolute Gasteiger partial charge is 0.113 e. The highest BCUT2D eigenvalue weighted by atomic mass is 32.1. The maximum Gasteiger partial charge on any atom is 0.113 e. The van der Waals surface area contributed by atoms with Crippen molar-refractivity contribution in [2.24, 2.45) is 0 Å². The number of benzene rings is 1. The van der Waals surface area contributed by atoms with E-state index in [1.54, 1.807) is 11.3 Å². The molecule has 18 heavy (non-hydrogen) atoms. The van der Waals surface area contributed by atoms with Crippen molar-refractivity contribution in [2.75, 3.05) is 0 Å². The Hall–Kier alpha value is -1.66. The van der Waals surface area contributed by atoms with Crippen LogP contribution in [0.2, 0.25) is 0 Å². The Labute approximate surface area is 112 Å². The standard InChI is InChI=1S/C15H16N2S/c1-4-11-5-7-12(8-6-11)13-9-18-14(17-13)15(2,3)10-16/h5-9H,4H2,1-3H3. The van der Waals surface area contributed by atoms with Crippen molar-refractivity contribution in [3.05, 3.63) is 40.2 Å². The molecule has 0 saturated carbocycles. The summed E-state index contributed by atoms with van der Waals surface area (Å²) < 4.78 is 0. The summed E-state index contributed by atoms with van der Waals surface area (Å²) in [5.74, 6) is 0. The average Bonchev–Trinajstić information content (AvgIpc) is 2.89. The molecule has 2 rings (SSSR count). The topological polar surface area (TPSA) is 36.7 Å². The summed E-state index contributed by atoms with van der Waals surface area (Å²) >= 11 is 1.55. The molecule has 3 heteroatoms. The van der Waals surface area contributed by atoms with E-state index in [2.05, 4.69) is 42.2 Å². The summed E-state index contributed by atoms with van der Waals surface area (Å²) in [6, 6.07) is 10.7. The van der Waals surface area contributed by atoms with Crippen LogP contribution in [0.5, 0.6) is 0 Å². The highest BCUT2D eigenvalue weighted by molar-refractivity contribution is 7.10. The molecule has 1 aromatic heterocycles. The van der Waals surface area contributed by atoms with Gasteiger partial charge in [-0.15, -0.1) is 11.3 Å². The predicted octanol–water partition coefficient (Wildman–Crippen LogP) is 4.17. The third-order valence-electron chi connectivity index (χ3n) is 2.98. The number of rotatable bonds is 3. The van der Waals surface area contributed by atoms with E-state index < -0.39 is 5.41 Å². The van der Waals surface area contributed by atoms with E-state index in [-0.39, 0.29) is 0 Å². The zero-order valence-corrected chi connectivity index (χ0v) is 11.7. The molecule has 1 aromatic carbocycles. The van der Waals surface area contributed by atoms with Crippen LogP contribution in [0.3, 0.4) is 0 Å². The largest absolute Gasteiger partial charge is 0.240 e. The van der Waals surface area contributed by atoms with Crippen molar-refractivity contribution in [3.63, 3.8) is 0 Å². The third-order valence-corrected chi connectivity index (χ3v) is 4.14. The molecule has 0 aliphatic rings. The van der Waals surface area contributed by atoms with Crippen LogP contribution in [0, 0.1) is 11.3 Å². The van der Waals surface area contributed by atoms with E-state index in [9.17, 15) is 0 Å². The lowest BCUT2D eigenvalue weighted by atomic mass is 9.97. The zero-order valence-electron chi connectivity index (χ0n) is 10.9. The van der Waals surface area contributed by atoms with Gasteiger partial charge in [-0.3, -0.25) is 0 Å². The molecule has 92 valence electrons. The summed E-state index contributed by atoms with van der Waals surface area (Å²) in [7, 11) is 0. The summed E-state index contributed by atoms with van der Waals surface area (Å²) in [6.45, 7) is 5.94. The lowest BCUT2D eigenvalue weighted by molar-refractivity contribution is 0.680. The Bertz CT molecular complexity index is 573. The molecule has 0 radical (unpaired) electrons. The first kappa shape index (κ1) is 12.8. The highest BCUT2D eigenvalue weighted by Gasteiger charge is 2.23. The SMILES string of the molecule is CCc1ccc(-c2csc(C(C)(C)C#N)n2)cc1. The summed E-state index contributed by atoms with van der Waals surface area (Å²) in [6.07, 6.45) is 1.05. The summed E-state index contributed by atoms with van der Waals surface area (Å²) in [5, 5.41) is 12.0. The molecule has 1 heterocycles. The number of nitriles is 1. The second-order valence-corrected chi connectivity index (χ2v) is 5.68. The van der Waals surface area contributed by atoms with Crippen molar-refractivity contribution in [2.45, 2.75) is 32.6 Å². The molecule has 0 N–H and O–H groups in total. The number of aryl methyl sites for hydroxylation is 1. The fraction of sp³-hybridized carbons (Fsp3) is 0.333. The van der Waals surface area contributed by atoms with E-state index in [1.807, 2.05) is 19.2 Å². The van der Waals surface area contributed by atoms with Crippen molar-refractivity contribution in [3.8, 4) is 17.3 Å². The highest BCUT2D eigenvalue weighted by Crippen LogP contribution is 2.29. The van der Waals surface area contributed by atoms with Crippen LogP contribution < -0.4 is 0 Å². The number of thiazole rings is 1. The minimum atomic E-state index is -0.508. The fourth-order valence-corrected chi connectivity index (χ4v) is 2.56. The maximum absolute atomic E-state index is 9.11. The van der Waals surface area contributed by atoms with E-state index in [4.69, 9.17) is 5.26 Å². The van der Waals surface area contributed by atoms with Gasteiger partial charge >= 0.3 is 0 Å². The van der Waals surface area contributed by atoms with Crippen LogP contribution in [0.1, 0.15) is 31.3 Å². The van der Waals surface area contributed by atoms with Gasteiger partial charge in [0.15, 0.2) is 0 Å². The van der Waals surface area contributed by atoms with E-state index in [0.29, 0.717) is 0 Å². The first-order valence-corrected chi connectivity index (χ1v) is 6.91. The van der Waals surface area contributed by atoms with Gasteiger partial charge in [-0.05, 0) is 25.8 Å². The van der Waals surface area contributed by atoms with Crippen LogP contribution >= 0.6 is 11.3 Å². The molecule has 0 aliphatic heterocycles. The van der Waals surface area contributed by atoms with Crippen LogP contribution in [0.15, 0.2) is 29.6 Å². The Morgan fingerprint density at radius 1 is 1.28 bits per heavy atom. The molecule has 0 spiro atoms. The monoisotopic (exact) mass is 256 g/mol. The number of hydrogen-bond donors (Lipinski definition) is 0. The quantitative estimate of drug-likeness (QED) is 0.826. The molecule has 0 amide bonds. The Balaban J connectivity index is 2.32. The number of nitrogens with zero attached hydrogens (tertiary/aromatic N) is 2. The number of aromatic nitrogens is 1. The van der Waals surface area contributed by atoms with Crippen molar-refractivity contribution < 1.29 is 0 Å². The molecule has 0 unspecified atom stereocenters. The van der Waals surface area contributed by atoms with Gasteiger partial charge in [0.1, 0.15) is 10.4 Å². The molecular weight excluding hydrogens is 240 g/mol. The van der Waals surface area contributed by atoms with Crippen molar-refractivity contribution in [1.29, 1.82) is 5.26 Å². The van der Waals surface area contributed by atoms with Crippen LogP contribution in [0.4, 0.5) is 0 Å². The van der Waals surface area contributed by atoms with Gasteiger partial charge in [-0.2, -0.15) is 5.26 Å². The summed E-state index contributed by atoms with van der Waals surface area (Å²) in [5.41, 5.74) is 2.89. The molecule has 2 aromatic rings. The van der Waals surface area contributed by atoms with Gasteiger partial charge in [0.2, 0.25) is 0 Å². The van der Waals surface area contributed by atoms with Gasteiger partial charge < -0.3 is 0 Å². The van der Waals surface area contributed by atoms with Crippen molar-refractivity contribution >= 4 is 11.3 Å². The van der Waals surface area contributed by atoms with Gasteiger partial charge in [0.05, 0.1) is 11.8 Å². The molecule has 2 nitrogen and oxygen atoms in total. The van der Waals surface area contributed by atoms with Gasteiger partial charge in [0, 0.05) is 10.9 Å². The Morgan fingerprint density at radius 3 is 2.50 bits per heavy atom. The molecule has 0 atom stereocenters. The van der Waals surface area contributed by atoms with Crippen LogP contribution in [-0.2, 0) is 11.8 Å². The molecular formula is C15H16N2S. The van der Waals surface area contributed by atoms with Gasteiger partial charge in [-0.1, -0.05) is 31.2 Å². The van der Waals surface area contributed by atoms with E-state index in [0.717, 1.165) is 22.7 Å². The maximum atomic E-state index is 9.11. The molecule has 0 saturated heterocycles. The predicted molar refractivity (Wildman–Crippen MR) is 75.6 cm³/mol. The third kappa shape index (κ3) is 2.44. The van der Waals surface area contributed by atoms with Crippen LogP contribution in [0.25, 0.3) is 11.3 Å². The van der Waals surface area contributed by atoms with E-state index in [1.165, 1.54) is 5.56 Å². The molecule has 0 aliphatic carbocycles. The summed E-state index contributed by atoms with van der Waals surface area (Å²) in [4.78, 5) is 4.57. The first-order chi connectivity index (χ1) is 8.56. The van der Waals surface area contributed by atoms with Gasteiger partial charge in [-0.25, -0.2) is 4.98 Å². The second kappa shape index (κ2) is 4.91. The first-order valence-electron chi connectivity index (χ1n) is 6.03. The molecule has 0 bridgehead atoms. The Kier molecular flexibility index (Phi) is 3.49. The minimum Gasteiger partial charge on any atom is -0.240 e. The fourth-order valence-electron chi connectivity index (χ4n) is 1.65. The molecule has 0 fully saturated rings. The zero-order chi connectivity index (χ0) is 13.2. The minimum absolute atomic E-state index is 0.508. The lowest BCUT2D eigenvalue weighted by Gasteiger charge is -2.10.